The maximum absolute atomic E-state index is 6.18. The van der Waals surface area contributed by atoms with Crippen molar-refractivity contribution >= 4 is 29.1 Å². The van der Waals surface area contributed by atoms with Crippen molar-refractivity contribution in [2.24, 2.45) is 0 Å². The van der Waals surface area contributed by atoms with E-state index >= 15 is 0 Å². The molecule has 0 unspecified atom stereocenters. The summed E-state index contributed by atoms with van der Waals surface area (Å²) in [5.41, 5.74) is 0.961. The number of hydrogen-bond acceptors (Lipinski definition) is 6. The second-order valence-corrected chi connectivity index (χ2v) is 7.92. The Hall–Kier alpha value is -2.58. The summed E-state index contributed by atoms with van der Waals surface area (Å²) < 4.78 is 9.98. The lowest BCUT2D eigenvalue weighted by atomic mass is 10.3. The molecule has 4 aromatic rings. The summed E-state index contributed by atoms with van der Waals surface area (Å²) in [5.74, 6) is 2.89. The van der Waals surface area contributed by atoms with Crippen molar-refractivity contribution in [3.63, 3.8) is 0 Å². The van der Waals surface area contributed by atoms with Crippen LogP contribution in [0.3, 0.4) is 0 Å². The molecule has 0 N–H and O–H groups in total. The third-order valence-corrected chi connectivity index (χ3v) is 5.76. The molecule has 28 heavy (non-hydrogen) atoms. The highest BCUT2D eigenvalue weighted by atomic mass is 35.5. The zero-order valence-electron chi connectivity index (χ0n) is 14.9. The molecule has 1 aliphatic carbocycles. The van der Waals surface area contributed by atoms with Gasteiger partial charge in [-0.2, -0.15) is 0 Å². The second-order valence-electron chi connectivity index (χ2n) is 6.57. The molecule has 142 valence electrons. The summed E-state index contributed by atoms with van der Waals surface area (Å²) in [6, 6.07) is 9.79. The summed E-state index contributed by atoms with van der Waals surface area (Å²) in [5, 5.41) is 10.2. The molecule has 0 spiro atoms. The first-order chi connectivity index (χ1) is 13.8. The van der Waals surface area contributed by atoms with E-state index in [0.717, 1.165) is 29.5 Å². The first-order valence-corrected chi connectivity index (χ1v) is 10.4. The van der Waals surface area contributed by atoms with E-state index in [1.54, 1.807) is 18.0 Å². The van der Waals surface area contributed by atoms with Crippen LogP contribution in [0.1, 0.15) is 30.4 Å². The third kappa shape index (κ3) is 3.57. The average molecular weight is 413 g/mol. The highest BCUT2D eigenvalue weighted by Gasteiger charge is 2.30. The largest absolute Gasteiger partial charge is 0.484 e. The van der Waals surface area contributed by atoms with E-state index < -0.39 is 0 Å². The number of rotatable bonds is 7. The highest BCUT2D eigenvalue weighted by Crippen LogP contribution is 2.39. The highest BCUT2D eigenvalue weighted by molar-refractivity contribution is 7.98. The molecule has 9 heteroatoms. The van der Waals surface area contributed by atoms with Crippen LogP contribution in [0.5, 0.6) is 5.75 Å². The summed E-state index contributed by atoms with van der Waals surface area (Å²) in [6.07, 6.45) is 7.97. The van der Waals surface area contributed by atoms with Gasteiger partial charge in [-0.05, 0) is 31.0 Å². The Bertz CT molecular complexity index is 1090. The Morgan fingerprint density at radius 1 is 1.18 bits per heavy atom. The first kappa shape index (κ1) is 17.5. The molecule has 1 fully saturated rings. The SMILES string of the molecule is Clc1ccccc1OCc1nnc(SCc2cn3cccnc3n2)n1C1CC1. The monoisotopic (exact) mass is 412 g/mol. The van der Waals surface area contributed by atoms with E-state index in [1.165, 1.54) is 0 Å². The Morgan fingerprint density at radius 2 is 2.07 bits per heavy atom. The van der Waals surface area contributed by atoms with Crippen LogP contribution < -0.4 is 4.74 Å². The minimum absolute atomic E-state index is 0.339. The van der Waals surface area contributed by atoms with Gasteiger partial charge in [0.2, 0.25) is 5.78 Å². The van der Waals surface area contributed by atoms with E-state index in [4.69, 9.17) is 16.3 Å². The summed E-state index contributed by atoms with van der Waals surface area (Å²) in [4.78, 5) is 8.80. The molecule has 0 atom stereocenters. The number of para-hydroxylation sites is 1. The van der Waals surface area contributed by atoms with Gasteiger partial charge in [0.25, 0.3) is 0 Å². The standard InChI is InChI=1S/C19H17ClN6OS/c20-15-4-1-2-5-16(15)27-11-17-23-24-19(26(17)14-6-7-14)28-12-13-10-25-9-3-8-21-18(25)22-13/h1-5,8-10,14H,6-7,11-12H2. The van der Waals surface area contributed by atoms with Gasteiger partial charge in [0.05, 0.1) is 10.7 Å². The average Bonchev–Trinajstić information content (AvgIpc) is 3.33. The predicted molar refractivity (Wildman–Crippen MR) is 107 cm³/mol. The smallest absolute Gasteiger partial charge is 0.233 e. The fourth-order valence-electron chi connectivity index (χ4n) is 3.00. The van der Waals surface area contributed by atoms with Gasteiger partial charge in [0, 0.05) is 30.4 Å². The minimum atomic E-state index is 0.339. The molecule has 0 aliphatic heterocycles. The van der Waals surface area contributed by atoms with Crippen molar-refractivity contribution in [2.75, 3.05) is 0 Å². The van der Waals surface area contributed by atoms with Crippen LogP contribution in [-0.4, -0.2) is 29.1 Å². The zero-order chi connectivity index (χ0) is 18.9. The fraction of sp³-hybridized carbons (Fsp3) is 0.263. The van der Waals surface area contributed by atoms with E-state index in [0.29, 0.717) is 35.0 Å². The summed E-state index contributed by atoms with van der Waals surface area (Å²) in [6.45, 7) is 0.339. The summed E-state index contributed by atoms with van der Waals surface area (Å²) in [7, 11) is 0. The van der Waals surface area contributed by atoms with Gasteiger partial charge in [-0.3, -0.25) is 8.97 Å². The molecule has 3 heterocycles. The molecular weight excluding hydrogens is 396 g/mol. The van der Waals surface area contributed by atoms with Crippen LogP contribution in [0.15, 0.2) is 54.1 Å². The van der Waals surface area contributed by atoms with Gasteiger partial charge in [0.1, 0.15) is 12.4 Å². The van der Waals surface area contributed by atoms with Gasteiger partial charge in [0.15, 0.2) is 11.0 Å². The van der Waals surface area contributed by atoms with Gasteiger partial charge >= 0.3 is 0 Å². The maximum atomic E-state index is 6.18. The molecular formula is C19H17ClN6OS. The fourth-order valence-corrected chi connectivity index (χ4v) is 4.09. The van der Waals surface area contributed by atoms with Gasteiger partial charge < -0.3 is 4.74 Å². The van der Waals surface area contributed by atoms with Gasteiger partial charge in [-0.1, -0.05) is 35.5 Å². The number of aromatic nitrogens is 6. The normalized spacial score (nSPS) is 13.9. The number of hydrogen-bond donors (Lipinski definition) is 0. The van der Waals surface area contributed by atoms with Crippen molar-refractivity contribution in [1.29, 1.82) is 0 Å². The van der Waals surface area contributed by atoms with Crippen LogP contribution in [0.2, 0.25) is 5.02 Å². The topological polar surface area (TPSA) is 70.1 Å². The van der Waals surface area contributed by atoms with Crippen molar-refractivity contribution in [1.82, 2.24) is 29.1 Å². The van der Waals surface area contributed by atoms with Crippen LogP contribution in [0.4, 0.5) is 0 Å². The number of fused-ring (bicyclic) bond motifs is 1. The maximum Gasteiger partial charge on any atom is 0.233 e. The summed E-state index contributed by atoms with van der Waals surface area (Å²) >= 11 is 7.81. The van der Waals surface area contributed by atoms with E-state index in [9.17, 15) is 0 Å². The molecule has 0 bridgehead atoms. The molecule has 1 aliphatic rings. The number of halogens is 1. The van der Waals surface area contributed by atoms with Crippen molar-refractivity contribution in [2.45, 2.75) is 36.4 Å². The minimum Gasteiger partial charge on any atom is -0.484 e. The van der Waals surface area contributed by atoms with Gasteiger partial charge in [-0.25, -0.2) is 9.97 Å². The van der Waals surface area contributed by atoms with E-state index in [-0.39, 0.29) is 0 Å². The Kier molecular flexibility index (Phi) is 4.66. The number of ether oxygens (including phenoxy) is 1. The molecule has 1 aromatic carbocycles. The molecule has 0 amide bonds. The number of imidazole rings is 1. The van der Waals surface area contributed by atoms with Crippen LogP contribution in [0, 0.1) is 0 Å². The molecule has 0 saturated heterocycles. The lowest BCUT2D eigenvalue weighted by molar-refractivity contribution is 0.288. The van der Waals surface area contributed by atoms with Crippen molar-refractivity contribution in [3.8, 4) is 5.75 Å². The number of thioether (sulfide) groups is 1. The van der Waals surface area contributed by atoms with E-state index in [1.807, 2.05) is 47.1 Å². The van der Waals surface area contributed by atoms with Gasteiger partial charge in [-0.15, -0.1) is 10.2 Å². The van der Waals surface area contributed by atoms with Crippen molar-refractivity contribution < 1.29 is 4.74 Å². The van der Waals surface area contributed by atoms with Crippen molar-refractivity contribution in [3.05, 3.63) is 65.5 Å². The Labute approximate surface area is 170 Å². The second kappa shape index (κ2) is 7.44. The zero-order valence-corrected chi connectivity index (χ0v) is 16.5. The van der Waals surface area contributed by atoms with Crippen LogP contribution >= 0.6 is 23.4 Å². The molecule has 0 radical (unpaired) electrons. The molecule has 3 aromatic heterocycles. The number of benzene rings is 1. The predicted octanol–water partition coefficient (Wildman–Crippen LogP) is 4.18. The van der Waals surface area contributed by atoms with Crippen LogP contribution in [-0.2, 0) is 12.4 Å². The quantitative estimate of drug-likeness (QED) is 0.424. The molecule has 7 nitrogen and oxygen atoms in total. The number of nitrogens with zero attached hydrogens (tertiary/aromatic N) is 6. The third-order valence-electron chi connectivity index (χ3n) is 4.48. The Morgan fingerprint density at radius 3 is 2.89 bits per heavy atom. The lowest BCUT2D eigenvalue weighted by Gasteiger charge is -2.10. The first-order valence-electron chi connectivity index (χ1n) is 9.00. The lowest BCUT2D eigenvalue weighted by Crippen LogP contribution is -2.07. The van der Waals surface area contributed by atoms with E-state index in [2.05, 4.69) is 24.7 Å². The Balaban J connectivity index is 1.31. The molecule has 5 rings (SSSR count). The van der Waals surface area contributed by atoms with Crippen LogP contribution in [0.25, 0.3) is 5.78 Å². The molecule has 1 saturated carbocycles.